The quantitative estimate of drug-likeness (QED) is 0.682. The summed E-state index contributed by atoms with van der Waals surface area (Å²) in [7, 11) is 0. The van der Waals surface area contributed by atoms with E-state index < -0.39 is 17.5 Å². The fraction of sp³-hybridized carbons (Fsp3) is 0.250. The minimum absolute atomic E-state index is 0.0821. The highest BCUT2D eigenvalue weighted by atomic mass is 19.1. The first-order chi connectivity index (χ1) is 10.5. The van der Waals surface area contributed by atoms with Gasteiger partial charge in [-0.05, 0) is 31.2 Å². The number of hydrogen-bond donors (Lipinski definition) is 1. The Morgan fingerprint density at radius 2 is 1.86 bits per heavy atom. The molecule has 1 N–H and O–H groups in total. The van der Waals surface area contributed by atoms with Crippen LogP contribution < -0.4 is 5.32 Å². The molecule has 2 atom stereocenters. The largest absolute Gasteiger partial charge is 0.447 e. The molecule has 0 aliphatic carbocycles. The van der Waals surface area contributed by atoms with Crippen molar-refractivity contribution in [3.63, 3.8) is 0 Å². The maximum Gasteiger partial charge on any atom is 0.321 e. The Morgan fingerprint density at radius 1 is 1.18 bits per heavy atom. The molecule has 1 aromatic heterocycles. The molecule has 0 spiro atoms. The van der Waals surface area contributed by atoms with E-state index in [9.17, 15) is 13.6 Å². The molecule has 0 saturated carbocycles. The van der Waals surface area contributed by atoms with Crippen LogP contribution in [0.3, 0.4) is 0 Å². The zero-order valence-corrected chi connectivity index (χ0v) is 11.8. The van der Waals surface area contributed by atoms with Gasteiger partial charge in [-0.25, -0.2) is 9.37 Å². The second-order valence-corrected chi connectivity index (χ2v) is 5.19. The third-order valence-corrected chi connectivity index (χ3v) is 3.87. The average molecular weight is 304 g/mol. The Hall–Kier alpha value is -2.34. The van der Waals surface area contributed by atoms with Gasteiger partial charge < -0.3 is 4.74 Å². The van der Waals surface area contributed by atoms with Crippen molar-refractivity contribution in [1.82, 2.24) is 10.3 Å². The van der Waals surface area contributed by atoms with Crippen molar-refractivity contribution >= 4 is 5.97 Å². The summed E-state index contributed by atoms with van der Waals surface area (Å²) >= 11 is 0. The van der Waals surface area contributed by atoms with E-state index in [0.717, 1.165) is 0 Å². The molecular weight excluding hydrogens is 290 g/mol. The molecule has 1 fully saturated rings. The Kier molecular flexibility index (Phi) is 3.62. The molecule has 1 aliphatic rings. The average Bonchev–Trinajstić information content (AvgIpc) is 2.51. The molecule has 0 amide bonds. The summed E-state index contributed by atoms with van der Waals surface area (Å²) in [5.41, 5.74) is -0.0621. The molecule has 114 valence electrons. The Morgan fingerprint density at radius 3 is 2.50 bits per heavy atom. The molecule has 6 heteroatoms. The van der Waals surface area contributed by atoms with Gasteiger partial charge in [0.15, 0.2) is 5.60 Å². The lowest BCUT2D eigenvalue weighted by atomic mass is 9.80. The van der Waals surface area contributed by atoms with Crippen LogP contribution in [0.5, 0.6) is 0 Å². The first-order valence-electron chi connectivity index (χ1n) is 6.85. The number of aromatic nitrogens is 1. The van der Waals surface area contributed by atoms with E-state index in [1.807, 2.05) is 6.92 Å². The first kappa shape index (κ1) is 14.6. The van der Waals surface area contributed by atoms with Crippen molar-refractivity contribution in [3.05, 3.63) is 65.5 Å². The van der Waals surface area contributed by atoms with Crippen LogP contribution in [0.2, 0.25) is 0 Å². The van der Waals surface area contributed by atoms with Crippen LogP contribution in [0.1, 0.15) is 18.1 Å². The Bertz CT molecular complexity index is 641. The van der Waals surface area contributed by atoms with Crippen LogP contribution in [0.4, 0.5) is 8.78 Å². The lowest BCUT2D eigenvalue weighted by molar-refractivity contribution is -0.165. The smallest absolute Gasteiger partial charge is 0.321 e. The molecule has 0 bridgehead atoms. The van der Waals surface area contributed by atoms with Crippen molar-refractivity contribution in [3.8, 4) is 0 Å². The third kappa shape index (κ3) is 2.35. The maximum absolute atomic E-state index is 13.2. The number of nitrogens with one attached hydrogen (secondary N) is 1. The predicted octanol–water partition coefficient (Wildman–Crippen LogP) is 2.14. The summed E-state index contributed by atoms with van der Waals surface area (Å²) < 4.78 is 32.0. The standard InChI is InChI=1S/C16H14F2N2O2/c1-10-16(22-15(21)9-19-10,11-2-5-13(17)6-3-11)12-4-7-14(18)20-8-12/h2-8,10,19H,9H2,1H3/t10-,16+/m0/s1. The number of morpholine rings is 1. The molecule has 1 aliphatic heterocycles. The van der Waals surface area contributed by atoms with Gasteiger partial charge in [0.1, 0.15) is 5.82 Å². The van der Waals surface area contributed by atoms with Gasteiger partial charge in [-0.3, -0.25) is 10.1 Å². The summed E-state index contributed by atoms with van der Waals surface area (Å²) in [5.74, 6) is -1.45. The number of carbonyl (C=O) groups excluding carboxylic acids is 1. The van der Waals surface area contributed by atoms with Gasteiger partial charge in [-0.1, -0.05) is 12.1 Å². The number of pyridine rings is 1. The fourth-order valence-corrected chi connectivity index (χ4v) is 2.76. The van der Waals surface area contributed by atoms with Crippen molar-refractivity contribution in [1.29, 1.82) is 0 Å². The second kappa shape index (κ2) is 5.46. The minimum Gasteiger partial charge on any atom is -0.447 e. The van der Waals surface area contributed by atoms with Gasteiger partial charge in [0.05, 0.1) is 12.6 Å². The summed E-state index contributed by atoms with van der Waals surface area (Å²) in [4.78, 5) is 15.5. The predicted molar refractivity (Wildman–Crippen MR) is 74.9 cm³/mol. The van der Waals surface area contributed by atoms with Crippen molar-refractivity contribution < 1.29 is 18.3 Å². The first-order valence-corrected chi connectivity index (χ1v) is 6.85. The van der Waals surface area contributed by atoms with E-state index in [0.29, 0.717) is 11.1 Å². The Balaban J connectivity index is 2.18. The molecule has 0 unspecified atom stereocenters. The summed E-state index contributed by atoms with van der Waals surface area (Å²) in [5, 5.41) is 3.06. The third-order valence-electron chi connectivity index (χ3n) is 3.87. The zero-order chi connectivity index (χ0) is 15.7. The number of ether oxygens (including phenoxy) is 1. The van der Waals surface area contributed by atoms with Gasteiger partial charge in [-0.2, -0.15) is 4.39 Å². The SMILES string of the molecule is C[C@@H]1NCC(=O)O[C@]1(c1ccc(F)cc1)c1ccc(F)nc1. The van der Waals surface area contributed by atoms with Gasteiger partial charge in [0.2, 0.25) is 5.95 Å². The number of esters is 1. The van der Waals surface area contributed by atoms with Gasteiger partial charge in [0.25, 0.3) is 0 Å². The Labute approximate surface area is 126 Å². The van der Waals surface area contributed by atoms with E-state index in [4.69, 9.17) is 4.74 Å². The van der Waals surface area contributed by atoms with E-state index >= 15 is 0 Å². The number of nitrogens with zero attached hydrogens (tertiary/aromatic N) is 1. The van der Waals surface area contributed by atoms with Gasteiger partial charge in [-0.15, -0.1) is 0 Å². The molecule has 3 rings (SSSR count). The van der Waals surface area contributed by atoms with E-state index in [-0.39, 0.29) is 18.4 Å². The van der Waals surface area contributed by atoms with Crippen molar-refractivity contribution in [2.45, 2.75) is 18.6 Å². The van der Waals surface area contributed by atoms with Crippen LogP contribution in [0.25, 0.3) is 0 Å². The summed E-state index contributed by atoms with van der Waals surface area (Å²) in [6.45, 7) is 1.93. The van der Waals surface area contributed by atoms with E-state index in [1.54, 1.807) is 12.1 Å². The van der Waals surface area contributed by atoms with Crippen LogP contribution >= 0.6 is 0 Å². The molecule has 2 aromatic rings. The number of cyclic esters (lactones) is 1. The number of halogens is 2. The van der Waals surface area contributed by atoms with Gasteiger partial charge >= 0.3 is 5.97 Å². The minimum atomic E-state index is -1.18. The summed E-state index contributed by atoms with van der Waals surface area (Å²) in [6.07, 6.45) is 1.33. The second-order valence-electron chi connectivity index (χ2n) is 5.19. The molecule has 2 heterocycles. The normalized spacial score (nSPS) is 24.9. The lowest BCUT2D eigenvalue weighted by Gasteiger charge is -2.42. The van der Waals surface area contributed by atoms with Crippen LogP contribution in [0, 0.1) is 11.8 Å². The molecule has 0 radical (unpaired) electrons. The molecule has 1 aromatic carbocycles. The zero-order valence-electron chi connectivity index (χ0n) is 11.8. The number of rotatable bonds is 2. The number of hydrogen-bond acceptors (Lipinski definition) is 4. The highest BCUT2D eigenvalue weighted by Crippen LogP contribution is 2.38. The fourth-order valence-electron chi connectivity index (χ4n) is 2.76. The maximum atomic E-state index is 13.2. The van der Waals surface area contributed by atoms with Crippen LogP contribution in [-0.4, -0.2) is 23.5 Å². The van der Waals surface area contributed by atoms with Crippen LogP contribution in [0.15, 0.2) is 42.6 Å². The highest BCUT2D eigenvalue weighted by Gasteiger charge is 2.46. The number of carbonyl (C=O) groups is 1. The molecule has 1 saturated heterocycles. The highest BCUT2D eigenvalue weighted by molar-refractivity contribution is 5.74. The van der Waals surface area contributed by atoms with Crippen molar-refractivity contribution in [2.75, 3.05) is 6.54 Å². The van der Waals surface area contributed by atoms with E-state index in [2.05, 4.69) is 10.3 Å². The topological polar surface area (TPSA) is 51.2 Å². The summed E-state index contributed by atoms with van der Waals surface area (Å²) in [6, 6.07) is 8.12. The molecular formula is C16H14F2N2O2. The number of benzene rings is 1. The van der Waals surface area contributed by atoms with Crippen LogP contribution in [-0.2, 0) is 15.1 Å². The lowest BCUT2D eigenvalue weighted by Crippen LogP contribution is -2.57. The van der Waals surface area contributed by atoms with Gasteiger partial charge in [0, 0.05) is 17.3 Å². The van der Waals surface area contributed by atoms with E-state index in [1.165, 1.54) is 30.5 Å². The molecule has 22 heavy (non-hydrogen) atoms. The van der Waals surface area contributed by atoms with Crippen molar-refractivity contribution in [2.24, 2.45) is 0 Å². The molecule has 4 nitrogen and oxygen atoms in total. The monoisotopic (exact) mass is 304 g/mol.